The third-order valence-electron chi connectivity index (χ3n) is 1.87. The van der Waals surface area contributed by atoms with Crippen molar-refractivity contribution < 1.29 is 9.53 Å². The first kappa shape index (κ1) is 14.4. The topological polar surface area (TPSA) is 38.3 Å². The molecule has 16 heavy (non-hydrogen) atoms. The number of carbonyl (C=O) groups is 1. The van der Waals surface area contributed by atoms with E-state index in [1.165, 1.54) is 0 Å². The molecule has 1 N–H and O–H groups in total. The van der Waals surface area contributed by atoms with Crippen LogP contribution >= 0.6 is 0 Å². The third kappa shape index (κ3) is 6.79. The van der Waals surface area contributed by atoms with Gasteiger partial charge in [0.25, 0.3) is 0 Å². The average Bonchev–Trinajstić information content (AvgIpc) is 2.37. The molecule has 0 aliphatic heterocycles. The summed E-state index contributed by atoms with van der Waals surface area (Å²) in [5.41, 5.74) is 1.11. The van der Waals surface area contributed by atoms with E-state index in [1.807, 2.05) is 30.3 Å². The van der Waals surface area contributed by atoms with E-state index in [1.54, 1.807) is 7.11 Å². The van der Waals surface area contributed by atoms with Gasteiger partial charge in [0.1, 0.15) is 0 Å². The molecule has 0 aromatic heterocycles. The Morgan fingerprint density at radius 1 is 1.31 bits per heavy atom. The zero-order valence-electron chi connectivity index (χ0n) is 9.74. The monoisotopic (exact) mass is 221 g/mol. The fourth-order valence-corrected chi connectivity index (χ4v) is 1.08. The number of hydrogen-bond donors (Lipinski definition) is 1. The van der Waals surface area contributed by atoms with Crippen LogP contribution in [0.15, 0.2) is 43.5 Å². The Bertz CT molecular complexity index is 285. The maximum Gasteiger partial charge on any atom is 0.222 e. The molecular formula is C13H19NO2. The molecule has 1 aromatic rings. The minimum Gasteiger partial charge on any atom is -0.384 e. The Morgan fingerprint density at radius 3 is 2.50 bits per heavy atom. The SMILES string of the molecule is C=C.COCCC(=O)NCc1ccccc1. The Kier molecular flexibility index (Phi) is 8.93. The van der Waals surface area contributed by atoms with Crippen molar-refractivity contribution in [2.24, 2.45) is 0 Å². The van der Waals surface area contributed by atoms with Gasteiger partial charge in [0, 0.05) is 20.1 Å². The van der Waals surface area contributed by atoms with Gasteiger partial charge in [-0.05, 0) is 5.56 Å². The molecule has 0 aliphatic rings. The summed E-state index contributed by atoms with van der Waals surface area (Å²) in [6.07, 6.45) is 0.420. The first-order valence-electron chi connectivity index (χ1n) is 5.12. The van der Waals surface area contributed by atoms with E-state index < -0.39 is 0 Å². The summed E-state index contributed by atoms with van der Waals surface area (Å²) in [6, 6.07) is 9.83. The summed E-state index contributed by atoms with van der Waals surface area (Å²) < 4.78 is 4.80. The van der Waals surface area contributed by atoms with Crippen LogP contribution in [0.2, 0.25) is 0 Å². The lowest BCUT2D eigenvalue weighted by Crippen LogP contribution is -2.23. The predicted molar refractivity (Wildman–Crippen MR) is 66.0 cm³/mol. The van der Waals surface area contributed by atoms with Gasteiger partial charge in [0.15, 0.2) is 0 Å². The van der Waals surface area contributed by atoms with Gasteiger partial charge in [-0.3, -0.25) is 4.79 Å². The van der Waals surface area contributed by atoms with Crippen LogP contribution in [0.1, 0.15) is 12.0 Å². The average molecular weight is 221 g/mol. The molecule has 0 radical (unpaired) electrons. The standard InChI is InChI=1S/C11H15NO2.C2H4/c1-14-8-7-11(13)12-9-10-5-3-2-4-6-10;1-2/h2-6H,7-9H2,1H3,(H,12,13);1-2H2. The summed E-state index contributed by atoms with van der Waals surface area (Å²) in [7, 11) is 1.59. The number of methoxy groups -OCH3 is 1. The van der Waals surface area contributed by atoms with E-state index in [9.17, 15) is 4.79 Å². The molecule has 1 amide bonds. The molecule has 0 heterocycles. The fourth-order valence-electron chi connectivity index (χ4n) is 1.08. The number of rotatable bonds is 5. The van der Waals surface area contributed by atoms with Gasteiger partial charge >= 0.3 is 0 Å². The minimum atomic E-state index is 0.0238. The molecule has 0 bridgehead atoms. The summed E-state index contributed by atoms with van der Waals surface area (Å²) in [6.45, 7) is 7.06. The van der Waals surface area contributed by atoms with E-state index >= 15 is 0 Å². The molecule has 1 aromatic carbocycles. The van der Waals surface area contributed by atoms with Crippen LogP contribution in [0.5, 0.6) is 0 Å². The van der Waals surface area contributed by atoms with E-state index in [0.717, 1.165) is 5.56 Å². The van der Waals surface area contributed by atoms with Crippen molar-refractivity contribution in [3.05, 3.63) is 49.1 Å². The Hall–Kier alpha value is -1.61. The highest BCUT2D eigenvalue weighted by Gasteiger charge is 1.99. The lowest BCUT2D eigenvalue weighted by molar-refractivity contribution is -0.122. The second kappa shape index (κ2) is 9.93. The Morgan fingerprint density at radius 2 is 1.94 bits per heavy atom. The number of carbonyl (C=O) groups excluding carboxylic acids is 1. The maximum absolute atomic E-state index is 11.2. The lowest BCUT2D eigenvalue weighted by Gasteiger charge is -2.04. The zero-order chi connectivity index (χ0) is 12.2. The second-order valence-corrected chi connectivity index (χ2v) is 3.01. The maximum atomic E-state index is 11.2. The van der Waals surface area contributed by atoms with Crippen molar-refractivity contribution in [2.45, 2.75) is 13.0 Å². The van der Waals surface area contributed by atoms with Crippen LogP contribution < -0.4 is 5.32 Å². The molecule has 0 atom stereocenters. The highest BCUT2D eigenvalue weighted by atomic mass is 16.5. The van der Waals surface area contributed by atoms with Crippen molar-refractivity contribution >= 4 is 5.91 Å². The normalized spacial score (nSPS) is 8.81. The fraction of sp³-hybridized carbons (Fsp3) is 0.308. The highest BCUT2D eigenvalue weighted by molar-refractivity contribution is 5.75. The summed E-state index contributed by atoms with van der Waals surface area (Å²) in [5.74, 6) is 0.0238. The first-order chi connectivity index (χ1) is 7.83. The van der Waals surface area contributed by atoms with Gasteiger partial charge in [0.05, 0.1) is 6.61 Å². The molecule has 88 valence electrons. The molecule has 1 rings (SSSR count). The molecular weight excluding hydrogens is 202 g/mol. The van der Waals surface area contributed by atoms with E-state index in [4.69, 9.17) is 4.74 Å². The smallest absolute Gasteiger partial charge is 0.222 e. The van der Waals surface area contributed by atoms with Crippen LogP contribution in [0.3, 0.4) is 0 Å². The molecule has 0 aliphatic carbocycles. The Labute approximate surface area is 97.1 Å². The van der Waals surface area contributed by atoms with Crippen LogP contribution in [-0.4, -0.2) is 19.6 Å². The Balaban J connectivity index is 0.00000106. The number of hydrogen-bond acceptors (Lipinski definition) is 2. The van der Waals surface area contributed by atoms with Crippen LogP contribution in [0.4, 0.5) is 0 Å². The molecule has 3 nitrogen and oxygen atoms in total. The molecule has 0 saturated carbocycles. The van der Waals surface area contributed by atoms with Gasteiger partial charge in [-0.2, -0.15) is 0 Å². The van der Waals surface area contributed by atoms with E-state index in [2.05, 4.69) is 18.5 Å². The number of benzene rings is 1. The van der Waals surface area contributed by atoms with Crippen LogP contribution in [-0.2, 0) is 16.1 Å². The molecule has 0 saturated heterocycles. The van der Waals surface area contributed by atoms with Crippen molar-refractivity contribution in [3.8, 4) is 0 Å². The molecule has 3 heteroatoms. The first-order valence-corrected chi connectivity index (χ1v) is 5.12. The minimum absolute atomic E-state index is 0.0238. The van der Waals surface area contributed by atoms with E-state index in [-0.39, 0.29) is 5.91 Å². The molecule has 0 fully saturated rings. The molecule has 0 spiro atoms. The van der Waals surface area contributed by atoms with Crippen molar-refractivity contribution in [1.29, 1.82) is 0 Å². The van der Waals surface area contributed by atoms with Crippen LogP contribution in [0.25, 0.3) is 0 Å². The van der Waals surface area contributed by atoms with Crippen LogP contribution in [0, 0.1) is 0 Å². The predicted octanol–water partition coefficient (Wildman–Crippen LogP) is 2.14. The summed E-state index contributed by atoms with van der Waals surface area (Å²) in [5, 5.41) is 2.81. The summed E-state index contributed by atoms with van der Waals surface area (Å²) in [4.78, 5) is 11.2. The quantitative estimate of drug-likeness (QED) is 0.774. The summed E-state index contributed by atoms with van der Waals surface area (Å²) >= 11 is 0. The largest absolute Gasteiger partial charge is 0.384 e. The van der Waals surface area contributed by atoms with Gasteiger partial charge in [0.2, 0.25) is 5.91 Å². The van der Waals surface area contributed by atoms with Crippen molar-refractivity contribution in [2.75, 3.05) is 13.7 Å². The van der Waals surface area contributed by atoms with Gasteiger partial charge < -0.3 is 10.1 Å². The van der Waals surface area contributed by atoms with Crippen molar-refractivity contribution in [1.82, 2.24) is 5.32 Å². The van der Waals surface area contributed by atoms with Gasteiger partial charge in [-0.1, -0.05) is 30.3 Å². The van der Waals surface area contributed by atoms with E-state index in [0.29, 0.717) is 19.6 Å². The molecule has 0 unspecified atom stereocenters. The number of nitrogens with one attached hydrogen (secondary N) is 1. The van der Waals surface area contributed by atoms with Gasteiger partial charge in [-0.15, -0.1) is 13.2 Å². The number of ether oxygens (including phenoxy) is 1. The second-order valence-electron chi connectivity index (χ2n) is 3.01. The lowest BCUT2D eigenvalue weighted by atomic mass is 10.2. The third-order valence-corrected chi connectivity index (χ3v) is 1.87. The number of amides is 1. The highest BCUT2D eigenvalue weighted by Crippen LogP contribution is 1.97. The van der Waals surface area contributed by atoms with Crippen molar-refractivity contribution in [3.63, 3.8) is 0 Å². The van der Waals surface area contributed by atoms with Gasteiger partial charge in [-0.25, -0.2) is 0 Å². The zero-order valence-corrected chi connectivity index (χ0v) is 9.74.